The van der Waals surface area contributed by atoms with Crippen LogP contribution >= 0.6 is 0 Å². The second-order valence-corrected chi connectivity index (χ2v) is 5.72. The summed E-state index contributed by atoms with van der Waals surface area (Å²) in [5, 5.41) is 0. The monoisotopic (exact) mass is 226 g/mol. The second kappa shape index (κ2) is 5.20. The molecule has 1 aliphatic carbocycles. The average Bonchev–Trinajstić information content (AvgIpc) is 2.16. The van der Waals surface area contributed by atoms with Crippen LogP contribution in [0.3, 0.4) is 0 Å². The van der Waals surface area contributed by atoms with Crippen LogP contribution in [0.1, 0.15) is 60.3 Å². The molecule has 1 unspecified atom stereocenters. The number of carbonyl (C=O) groups is 1. The Kier molecular flexibility index (Phi) is 4.40. The largest absolute Gasteiger partial charge is 0.462 e. The highest BCUT2D eigenvalue weighted by atomic mass is 16.5. The van der Waals surface area contributed by atoms with Crippen molar-refractivity contribution in [3.8, 4) is 0 Å². The highest BCUT2D eigenvalue weighted by Gasteiger charge is 2.44. The molecule has 0 aromatic heterocycles. The molecule has 2 heteroatoms. The Labute approximate surface area is 99.8 Å². The van der Waals surface area contributed by atoms with E-state index < -0.39 is 0 Å². The molecular weight excluding hydrogens is 200 g/mol. The summed E-state index contributed by atoms with van der Waals surface area (Å²) in [6.07, 6.45) is 4.74. The molecule has 1 fully saturated rings. The fourth-order valence-electron chi connectivity index (χ4n) is 3.30. The summed E-state index contributed by atoms with van der Waals surface area (Å²) >= 11 is 0. The zero-order valence-electron chi connectivity index (χ0n) is 11.4. The zero-order chi connectivity index (χ0) is 12.3. The fraction of sp³-hybridized carbons (Fsp3) is 0.929. The summed E-state index contributed by atoms with van der Waals surface area (Å²) < 4.78 is 5.50. The Hall–Kier alpha value is -0.530. The van der Waals surface area contributed by atoms with Crippen molar-refractivity contribution in [3.05, 3.63) is 0 Å². The molecule has 0 N–H and O–H groups in total. The van der Waals surface area contributed by atoms with Crippen LogP contribution in [0, 0.1) is 17.3 Å². The van der Waals surface area contributed by atoms with Crippen LogP contribution < -0.4 is 0 Å². The van der Waals surface area contributed by atoms with E-state index in [4.69, 9.17) is 4.74 Å². The van der Waals surface area contributed by atoms with E-state index in [0.717, 1.165) is 12.8 Å². The molecule has 94 valence electrons. The molecule has 0 heterocycles. The maximum atomic E-state index is 11.1. The molecule has 0 bridgehead atoms. The lowest BCUT2D eigenvalue weighted by molar-refractivity contribution is -0.157. The molecule has 0 spiro atoms. The maximum Gasteiger partial charge on any atom is 0.302 e. The molecule has 1 saturated carbocycles. The fourth-order valence-corrected chi connectivity index (χ4v) is 3.30. The molecule has 3 atom stereocenters. The SMILES string of the molecule is CCC1[C@@H](OC(C)=O)CCC[C@]1(C)C(C)C. The standard InChI is InChI=1S/C14H26O2/c1-6-12-13(16-11(4)15)8-7-9-14(12,5)10(2)3/h10,12-13H,6-9H2,1-5H3/t12?,13-,14+/m0/s1. The van der Waals surface area contributed by atoms with Gasteiger partial charge in [0, 0.05) is 12.8 Å². The van der Waals surface area contributed by atoms with Gasteiger partial charge in [-0.05, 0) is 37.0 Å². The number of ether oxygens (including phenoxy) is 1. The highest BCUT2D eigenvalue weighted by Crippen LogP contribution is 2.48. The summed E-state index contributed by atoms with van der Waals surface area (Å²) in [7, 11) is 0. The van der Waals surface area contributed by atoms with Crippen molar-refractivity contribution in [3.63, 3.8) is 0 Å². The van der Waals surface area contributed by atoms with Gasteiger partial charge in [0.1, 0.15) is 6.10 Å². The summed E-state index contributed by atoms with van der Waals surface area (Å²) in [5.74, 6) is 1.04. The van der Waals surface area contributed by atoms with E-state index in [-0.39, 0.29) is 12.1 Å². The van der Waals surface area contributed by atoms with Gasteiger partial charge in [-0.25, -0.2) is 0 Å². The third-order valence-electron chi connectivity index (χ3n) is 4.58. The molecule has 1 rings (SSSR count). The van der Waals surface area contributed by atoms with Crippen molar-refractivity contribution < 1.29 is 9.53 Å². The number of carbonyl (C=O) groups excluding carboxylic acids is 1. The molecule has 0 amide bonds. The third kappa shape index (κ3) is 2.58. The van der Waals surface area contributed by atoms with Crippen LogP contribution in [0.25, 0.3) is 0 Å². The Morgan fingerprint density at radius 2 is 2.12 bits per heavy atom. The first kappa shape index (κ1) is 13.5. The molecule has 0 aliphatic heterocycles. The second-order valence-electron chi connectivity index (χ2n) is 5.72. The van der Waals surface area contributed by atoms with Gasteiger partial charge in [0.15, 0.2) is 0 Å². The molecule has 16 heavy (non-hydrogen) atoms. The lowest BCUT2D eigenvalue weighted by Gasteiger charge is -2.48. The molecule has 2 nitrogen and oxygen atoms in total. The number of hydrogen-bond acceptors (Lipinski definition) is 2. The van der Waals surface area contributed by atoms with Gasteiger partial charge >= 0.3 is 5.97 Å². The van der Waals surface area contributed by atoms with Gasteiger partial charge in [-0.15, -0.1) is 0 Å². The van der Waals surface area contributed by atoms with Crippen LogP contribution in [0.2, 0.25) is 0 Å². The van der Waals surface area contributed by atoms with Gasteiger partial charge in [0.25, 0.3) is 0 Å². The molecule has 0 radical (unpaired) electrons. The number of esters is 1. The van der Waals surface area contributed by atoms with E-state index in [1.54, 1.807) is 0 Å². The van der Waals surface area contributed by atoms with E-state index in [2.05, 4.69) is 27.7 Å². The van der Waals surface area contributed by atoms with Crippen molar-refractivity contribution in [1.29, 1.82) is 0 Å². The van der Waals surface area contributed by atoms with Crippen LogP contribution in [-0.4, -0.2) is 12.1 Å². The normalized spacial score (nSPS) is 35.1. The molecular formula is C14H26O2. The average molecular weight is 226 g/mol. The van der Waals surface area contributed by atoms with E-state index >= 15 is 0 Å². The van der Waals surface area contributed by atoms with E-state index in [0.29, 0.717) is 17.3 Å². The van der Waals surface area contributed by atoms with Gasteiger partial charge in [0.05, 0.1) is 0 Å². The molecule has 0 saturated heterocycles. The Balaban J connectivity index is 2.84. The lowest BCUT2D eigenvalue weighted by Crippen LogP contribution is -2.44. The quantitative estimate of drug-likeness (QED) is 0.684. The van der Waals surface area contributed by atoms with Gasteiger partial charge in [-0.2, -0.15) is 0 Å². The van der Waals surface area contributed by atoms with Crippen LogP contribution in [0.15, 0.2) is 0 Å². The van der Waals surface area contributed by atoms with Crippen LogP contribution in [0.5, 0.6) is 0 Å². The maximum absolute atomic E-state index is 11.1. The van der Waals surface area contributed by atoms with Crippen LogP contribution in [0.4, 0.5) is 0 Å². The smallest absolute Gasteiger partial charge is 0.302 e. The number of hydrogen-bond donors (Lipinski definition) is 0. The van der Waals surface area contributed by atoms with Gasteiger partial charge in [-0.1, -0.05) is 27.7 Å². The van der Waals surface area contributed by atoms with Gasteiger partial charge in [-0.3, -0.25) is 4.79 Å². The van der Waals surface area contributed by atoms with Crippen LogP contribution in [-0.2, 0) is 9.53 Å². The predicted molar refractivity (Wildman–Crippen MR) is 66.1 cm³/mol. The van der Waals surface area contributed by atoms with Crippen molar-refractivity contribution in [1.82, 2.24) is 0 Å². The van der Waals surface area contributed by atoms with E-state index in [1.807, 2.05) is 0 Å². The van der Waals surface area contributed by atoms with Crippen molar-refractivity contribution in [2.24, 2.45) is 17.3 Å². The minimum absolute atomic E-state index is 0.128. The Morgan fingerprint density at radius 3 is 2.56 bits per heavy atom. The van der Waals surface area contributed by atoms with Crippen molar-refractivity contribution in [2.45, 2.75) is 66.4 Å². The summed E-state index contributed by atoms with van der Waals surface area (Å²) in [4.78, 5) is 11.1. The minimum Gasteiger partial charge on any atom is -0.462 e. The van der Waals surface area contributed by atoms with Crippen molar-refractivity contribution in [2.75, 3.05) is 0 Å². The lowest BCUT2D eigenvalue weighted by atomic mass is 9.60. The Morgan fingerprint density at radius 1 is 1.50 bits per heavy atom. The summed E-state index contributed by atoms with van der Waals surface area (Å²) in [5.41, 5.74) is 0.327. The first-order chi connectivity index (χ1) is 7.41. The summed E-state index contributed by atoms with van der Waals surface area (Å²) in [6, 6.07) is 0. The number of rotatable bonds is 3. The topological polar surface area (TPSA) is 26.3 Å². The molecule has 1 aliphatic rings. The minimum atomic E-state index is -0.128. The molecule has 0 aromatic rings. The Bertz CT molecular complexity index is 247. The first-order valence-electron chi connectivity index (χ1n) is 6.59. The summed E-state index contributed by atoms with van der Waals surface area (Å²) in [6.45, 7) is 10.7. The third-order valence-corrected chi connectivity index (χ3v) is 4.58. The van der Waals surface area contributed by atoms with Gasteiger partial charge < -0.3 is 4.74 Å². The molecule has 0 aromatic carbocycles. The zero-order valence-corrected chi connectivity index (χ0v) is 11.4. The first-order valence-corrected chi connectivity index (χ1v) is 6.59. The van der Waals surface area contributed by atoms with E-state index in [9.17, 15) is 4.79 Å². The predicted octanol–water partition coefficient (Wildman–Crippen LogP) is 3.79. The highest BCUT2D eigenvalue weighted by molar-refractivity contribution is 5.66. The van der Waals surface area contributed by atoms with Gasteiger partial charge in [0.2, 0.25) is 0 Å². The van der Waals surface area contributed by atoms with E-state index in [1.165, 1.54) is 19.8 Å². The van der Waals surface area contributed by atoms with Crippen molar-refractivity contribution >= 4 is 5.97 Å².